The zero-order valence-corrected chi connectivity index (χ0v) is 13.2. The zero-order valence-electron chi connectivity index (χ0n) is 10.9. The molecular weight excluding hydrogens is 360 g/mol. The topological polar surface area (TPSA) is 72.2 Å². The summed E-state index contributed by atoms with van der Waals surface area (Å²) < 4.78 is 0.326. The summed E-state index contributed by atoms with van der Waals surface area (Å²) in [4.78, 5) is 22.5. The second-order valence-corrected chi connectivity index (χ2v) is 5.63. The molecule has 0 bridgehead atoms. The Morgan fingerprint density at radius 1 is 1.29 bits per heavy atom. The Kier molecular flexibility index (Phi) is 4.59. The molecule has 0 unspecified atom stereocenters. The molecule has 5 nitrogen and oxygen atoms in total. The lowest BCUT2D eigenvalue weighted by Gasteiger charge is -2.09. The Morgan fingerprint density at radius 3 is 2.62 bits per heavy atom. The van der Waals surface area contributed by atoms with Crippen molar-refractivity contribution < 1.29 is 9.72 Å². The fourth-order valence-corrected chi connectivity index (χ4v) is 2.37. The van der Waals surface area contributed by atoms with E-state index in [-0.39, 0.29) is 11.3 Å². The highest BCUT2D eigenvalue weighted by Crippen LogP contribution is 2.26. The minimum Gasteiger partial charge on any atom is -0.322 e. The molecule has 2 aromatic carbocycles. The number of anilines is 1. The number of rotatable bonds is 3. The summed E-state index contributed by atoms with van der Waals surface area (Å²) in [7, 11) is 0. The van der Waals surface area contributed by atoms with Crippen molar-refractivity contribution in [3.8, 4) is 0 Å². The number of carbonyl (C=O) groups is 1. The van der Waals surface area contributed by atoms with E-state index in [4.69, 9.17) is 11.6 Å². The van der Waals surface area contributed by atoms with Crippen LogP contribution in [-0.4, -0.2) is 10.8 Å². The molecule has 1 N–H and O–H groups in total. The predicted octanol–water partition coefficient (Wildman–Crippen LogP) is 4.57. The van der Waals surface area contributed by atoms with Crippen LogP contribution in [0.2, 0.25) is 5.02 Å². The minimum atomic E-state index is -0.547. The monoisotopic (exact) mass is 368 g/mol. The molecule has 2 aromatic rings. The maximum absolute atomic E-state index is 12.2. The second-order valence-electron chi connectivity index (χ2n) is 4.34. The Bertz CT molecular complexity index is 734. The molecule has 0 aliphatic carbocycles. The molecule has 108 valence electrons. The SMILES string of the molecule is Cc1cc(Cl)ccc1NC(=O)c1ccc(Br)c([N+](=O)[O-])c1. The highest BCUT2D eigenvalue weighted by Gasteiger charge is 2.16. The molecule has 0 heterocycles. The number of nitrogens with zero attached hydrogens (tertiary/aromatic N) is 1. The van der Waals surface area contributed by atoms with Gasteiger partial charge in [-0.3, -0.25) is 14.9 Å². The van der Waals surface area contributed by atoms with Crippen LogP contribution in [0.25, 0.3) is 0 Å². The van der Waals surface area contributed by atoms with E-state index in [9.17, 15) is 14.9 Å². The highest BCUT2D eigenvalue weighted by atomic mass is 79.9. The largest absolute Gasteiger partial charge is 0.322 e. The van der Waals surface area contributed by atoms with E-state index in [0.29, 0.717) is 15.2 Å². The molecule has 0 saturated carbocycles. The van der Waals surface area contributed by atoms with Gasteiger partial charge in [-0.25, -0.2) is 0 Å². The molecule has 1 amide bonds. The molecule has 2 rings (SSSR count). The molecule has 7 heteroatoms. The quantitative estimate of drug-likeness (QED) is 0.636. The average molecular weight is 370 g/mol. The summed E-state index contributed by atoms with van der Waals surface area (Å²) >= 11 is 8.93. The van der Waals surface area contributed by atoms with Crippen LogP contribution in [0.5, 0.6) is 0 Å². The van der Waals surface area contributed by atoms with E-state index in [0.717, 1.165) is 5.56 Å². The van der Waals surface area contributed by atoms with Gasteiger partial charge in [0, 0.05) is 22.3 Å². The van der Waals surface area contributed by atoms with Gasteiger partial charge in [0.1, 0.15) is 0 Å². The first kappa shape index (κ1) is 15.5. The maximum Gasteiger partial charge on any atom is 0.284 e. The van der Waals surface area contributed by atoms with Crippen LogP contribution in [0.3, 0.4) is 0 Å². The first-order valence-corrected chi connectivity index (χ1v) is 7.07. The van der Waals surface area contributed by atoms with Crippen molar-refractivity contribution in [1.29, 1.82) is 0 Å². The number of benzene rings is 2. The summed E-state index contributed by atoms with van der Waals surface area (Å²) in [6.45, 7) is 1.81. The van der Waals surface area contributed by atoms with Crippen LogP contribution in [0.15, 0.2) is 40.9 Å². The number of nitro groups is 1. The normalized spacial score (nSPS) is 10.2. The Morgan fingerprint density at radius 2 is 2.00 bits per heavy atom. The number of hydrogen-bond acceptors (Lipinski definition) is 3. The van der Waals surface area contributed by atoms with Gasteiger partial charge < -0.3 is 5.32 Å². The lowest BCUT2D eigenvalue weighted by Crippen LogP contribution is -2.13. The van der Waals surface area contributed by atoms with Crippen LogP contribution in [0.4, 0.5) is 11.4 Å². The number of amides is 1. The molecular formula is C14H10BrClN2O3. The number of nitro benzene ring substituents is 1. The molecule has 0 spiro atoms. The molecule has 0 saturated heterocycles. The Labute approximate surface area is 134 Å². The van der Waals surface area contributed by atoms with Gasteiger partial charge in [0.2, 0.25) is 0 Å². The Balaban J connectivity index is 2.28. The van der Waals surface area contributed by atoms with Crippen molar-refractivity contribution in [3.63, 3.8) is 0 Å². The number of hydrogen-bond donors (Lipinski definition) is 1. The second kappa shape index (κ2) is 6.24. The van der Waals surface area contributed by atoms with E-state index in [2.05, 4.69) is 21.2 Å². The maximum atomic E-state index is 12.2. The molecule has 0 aliphatic heterocycles. The molecule has 0 atom stereocenters. The minimum absolute atomic E-state index is 0.157. The van der Waals surface area contributed by atoms with Gasteiger partial charge in [-0.2, -0.15) is 0 Å². The van der Waals surface area contributed by atoms with Gasteiger partial charge in [0.15, 0.2) is 0 Å². The third-order valence-electron chi connectivity index (χ3n) is 2.84. The van der Waals surface area contributed by atoms with E-state index >= 15 is 0 Å². The van der Waals surface area contributed by atoms with Gasteiger partial charge in [0.25, 0.3) is 11.6 Å². The first-order valence-electron chi connectivity index (χ1n) is 5.90. The average Bonchev–Trinajstić information content (AvgIpc) is 2.42. The predicted molar refractivity (Wildman–Crippen MR) is 84.9 cm³/mol. The summed E-state index contributed by atoms with van der Waals surface area (Å²) in [6, 6.07) is 9.28. The Hall–Kier alpha value is -1.92. The number of halogens is 2. The summed E-state index contributed by atoms with van der Waals surface area (Å²) in [5.74, 6) is -0.420. The van der Waals surface area contributed by atoms with Crippen LogP contribution in [0, 0.1) is 17.0 Å². The van der Waals surface area contributed by atoms with Gasteiger partial charge in [-0.1, -0.05) is 11.6 Å². The fourth-order valence-electron chi connectivity index (χ4n) is 1.76. The van der Waals surface area contributed by atoms with E-state index < -0.39 is 10.8 Å². The van der Waals surface area contributed by atoms with E-state index in [1.54, 1.807) is 18.2 Å². The molecule has 0 aromatic heterocycles. The standard InChI is InChI=1S/C14H10BrClN2O3/c1-8-6-10(16)3-5-12(8)17-14(19)9-2-4-11(15)13(7-9)18(20)21/h2-7H,1H3,(H,17,19). The van der Waals surface area contributed by atoms with Crippen LogP contribution in [-0.2, 0) is 0 Å². The fraction of sp³-hybridized carbons (Fsp3) is 0.0714. The number of nitrogens with one attached hydrogen (secondary N) is 1. The summed E-state index contributed by atoms with van der Waals surface area (Å²) in [6.07, 6.45) is 0. The summed E-state index contributed by atoms with van der Waals surface area (Å²) in [5, 5.41) is 14.2. The van der Waals surface area contributed by atoms with Crippen LogP contribution in [0.1, 0.15) is 15.9 Å². The van der Waals surface area contributed by atoms with Gasteiger partial charge in [-0.05, 0) is 58.7 Å². The zero-order chi connectivity index (χ0) is 15.6. The molecule has 0 fully saturated rings. The van der Waals surface area contributed by atoms with Gasteiger partial charge >= 0.3 is 0 Å². The smallest absolute Gasteiger partial charge is 0.284 e. The third-order valence-corrected chi connectivity index (χ3v) is 3.75. The molecule has 21 heavy (non-hydrogen) atoms. The van der Waals surface area contributed by atoms with E-state index in [1.807, 2.05) is 6.92 Å². The van der Waals surface area contributed by atoms with Crippen molar-refractivity contribution in [3.05, 3.63) is 67.1 Å². The van der Waals surface area contributed by atoms with Crippen LogP contribution < -0.4 is 5.32 Å². The van der Waals surface area contributed by atoms with Crippen LogP contribution >= 0.6 is 27.5 Å². The lowest BCUT2D eigenvalue weighted by atomic mass is 10.1. The molecule has 0 aliphatic rings. The number of carbonyl (C=O) groups excluding carboxylic acids is 1. The van der Waals surface area contributed by atoms with Crippen molar-refractivity contribution in [2.75, 3.05) is 5.32 Å². The highest BCUT2D eigenvalue weighted by molar-refractivity contribution is 9.10. The third kappa shape index (κ3) is 3.59. The van der Waals surface area contributed by atoms with Gasteiger partial charge in [0.05, 0.1) is 9.40 Å². The lowest BCUT2D eigenvalue weighted by molar-refractivity contribution is -0.385. The van der Waals surface area contributed by atoms with Crippen molar-refractivity contribution >= 4 is 44.8 Å². The first-order chi connectivity index (χ1) is 9.88. The van der Waals surface area contributed by atoms with Gasteiger partial charge in [-0.15, -0.1) is 0 Å². The molecule has 0 radical (unpaired) electrons. The van der Waals surface area contributed by atoms with Crippen molar-refractivity contribution in [2.45, 2.75) is 6.92 Å². The van der Waals surface area contributed by atoms with Crippen molar-refractivity contribution in [2.24, 2.45) is 0 Å². The summed E-state index contributed by atoms with van der Waals surface area (Å²) in [5.41, 5.74) is 1.46. The van der Waals surface area contributed by atoms with E-state index in [1.165, 1.54) is 18.2 Å². The van der Waals surface area contributed by atoms with Crippen molar-refractivity contribution in [1.82, 2.24) is 0 Å². The number of aryl methyl sites for hydroxylation is 1.